The van der Waals surface area contributed by atoms with Crippen LogP contribution in [-0.2, 0) is 11.3 Å². The van der Waals surface area contributed by atoms with Gasteiger partial charge in [0, 0.05) is 23.8 Å². The Hall–Kier alpha value is -3.48. The molecule has 0 saturated carbocycles. The molecule has 0 amide bonds. The second kappa shape index (κ2) is 5.96. The van der Waals surface area contributed by atoms with Crippen LogP contribution in [-0.4, -0.2) is 21.1 Å². The van der Waals surface area contributed by atoms with Gasteiger partial charge in [0.2, 0.25) is 5.76 Å². The van der Waals surface area contributed by atoms with E-state index in [9.17, 15) is 4.79 Å². The van der Waals surface area contributed by atoms with E-state index >= 15 is 0 Å². The van der Waals surface area contributed by atoms with Crippen molar-refractivity contribution in [1.82, 2.24) is 15.1 Å². The van der Waals surface area contributed by atoms with Crippen LogP contribution >= 0.6 is 0 Å². The number of furan rings is 1. The van der Waals surface area contributed by atoms with E-state index in [1.54, 1.807) is 6.07 Å². The summed E-state index contributed by atoms with van der Waals surface area (Å²) in [4.78, 5) is 19.5. The fourth-order valence-corrected chi connectivity index (χ4v) is 2.22. The molecule has 118 valence electrons. The summed E-state index contributed by atoms with van der Waals surface area (Å²) >= 11 is 0. The summed E-state index contributed by atoms with van der Waals surface area (Å²) in [5, 5.41) is 4.85. The molecule has 24 heavy (non-hydrogen) atoms. The summed E-state index contributed by atoms with van der Waals surface area (Å²) in [5.74, 6) is 0.461. The van der Waals surface area contributed by atoms with Crippen molar-refractivity contribution in [3.8, 4) is 11.5 Å². The summed E-state index contributed by atoms with van der Waals surface area (Å²) in [6, 6.07) is 11.2. The number of para-hydroxylation sites is 1. The number of fused-ring (bicyclic) bond motifs is 1. The highest BCUT2D eigenvalue weighted by molar-refractivity contribution is 5.86. The van der Waals surface area contributed by atoms with Gasteiger partial charge in [-0.05, 0) is 12.1 Å². The predicted molar refractivity (Wildman–Crippen MR) is 82.9 cm³/mol. The molecular formula is C17H11N3O4. The van der Waals surface area contributed by atoms with Gasteiger partial charge in [-0.2, -0.15) is 0 Å². The second-order valence-electron chi connectivity index (χ2n) is 5.00. The van der Waals surface area contributed by atoms with Gasteiger partial charge in [0.15, 0.2) is 11.5 Å². The van der Waals surface area contributed by atoms with Crippen molar-refractivity contribution < 1.29 is 18.5 Å². The van der Waals surface area contributed by atoms with Gasteiger partial charge in [-0.25, -0.2) is 9.78 Å². The Balaban J connectivity index is 1.48. The Morgan fingerprint density at radius 3 is 2.88 bits per heavy atom. The van der Waals surface area contributed by atoms with Gasteiger partial charge >= 0.3 is 5.97 Å². The molecule has 7 nitrogen and oxygen atoms in total. The fourth-order valence-electron chi connectivity index (χ4n) is 2.22. The average molecular weight is 321 g/mol. The minimum Gasteiger partial charge on any atom is -0.454 e. The lowest BCUT2D eigenvalue weighted by atomic mass is 10.2. The molecule has 0 saturated heterocycles. The zero-order valence-corrected chi connectivity index (χ0v) is 12.4. The minimum atomic E-state index is -0.573. The molecule has 7 heteroatoms. The predicted octanol–water partition coefficient (Wildman–Crippen LogP) is 3.23. The first-order valence-corrected chi connectivity index (χ1v) is 7.17. The first kappa shape index (κ1) is 14.1. The van der Waals surface area contributed by atoms with Gasteiger partial charge in [-0.3, -0.25) is 4.98 Å². The molecule has 0 aliphatic rings. The number of aromatic nitrogens is 3. The monoisotopic (exact) mass is 321 g/mol. The van der Waals surface area contributed by atoms with Crippen molar-refractivity contribution >= 4 is 16.9 Å². The molecule has 0 aliphatic heterocycles. The van der Waals surface area contributed by atoms with Gasteiger partial charge in [0.1, 0.15) is 17.9 Å². The normalized spacial score (nSPS) is 10.8. The van der Waals surface area contributed by atoms with Crippen LogP contribution in [0.5, 0.6) is 0 Å². The maximum Gasteiger partial charge on any atom is 0.358 e. The van der Waals surface area contributed by atoms with Crippen LogP contribution in [0.1, 0.15) is 16.2 Å². The molecule has 0 spiro atoms. The van der Waals surface area contributed by atoms with E-state index in [2.05, 4.69) is 15.1 Å². The molecule has 0 radical (unpaired) electrons. The minimum absolute atomic E-state index is 0.0286. The van der Waals surface area contributed by atoms with E-state index in [0.29, 0.717) is 17.2 Å². The zero-order chi connectivity index (χ0) is 16.4. The van der Waals surface area contributed by atoms with Crippen molar-refractivity contribution in [2.75, 3.05) is 0 Å². The lowest BCUT2D eigenvalue weighted by molar-refractivity contribution is 0.0456. The van der Waals surface area contributed by atoms with Crippen LogP contribution < -0.4 is 0 Å². The molecule has 1 aromatic carbocycles. The molecule has 4 rings (SSSR count). The molecule has 0 atom stereocenters. The Morgan fingerprint density at radius 1 is 1.12 bits per heavy atom. The van der Waals surface area contributed by atoms with Crippen LogP contribution in [0.4, 0.5) is 0 Å². The van der Waals surface area contributed by atoms with Crippen molar-refractivity contribution in [2.45, 2.75) is 6.61 Å². The van der Waals surface area contributed by atoms with Crippen LogP contribution in [0.25, 0.3) is 22.5 Å². The molecule has 3 aromatic heterocycles. The number of esters is 1. The fraction of sp³-hybridized carbons (Fsp3) is 0.0588. The molecule has 0 unspecified atom stereocenters. The summed E-state index contributed by atoms with van der Waals surface area (Å²) < 4.78 is 16.1. The number of carbonyl (C=O) groups is 1. The molecule has 3 heterocycles. The number of ether oxygens (including phenoxy) is 1. The van der Waals surface area contributed by atoms with Crippen molar-refractivity contribution in [1.29, 1.82) is 0 Å². The van der Waals surface area contributed by atoms with E-state index in [4.69, 9.17) is 13.7 Å². The number of hydrogen-bond donors (Lipinski definition) is 0. The lowest BCUT2D eigenvalue weighted by Crippen LogP contribution is -2.07. The Kier molecular flexibility index (Phi) is 3.51. The summed E-state index contributed by atoms with van der Waals surface area (Å²) in [6.45, 7) is -0.0286. The van der Waals surface area contributed by atoms with Gasteiger partial charge in [0.05, 0.1) is 6.20 Å². The zero-order valence-electron chi connectivity index (χ0n) is 12.4. The molecule has 0 aliphatic carbocycles. The van der Waals surface area contributed by atoms with Gasteiger partial charge in [0.25, 0.3) is 0 Å². The maximum atomic E-state index is 11.8. The first-order valence-electron chi connectivity index (χ1n) is 7.17. The largest absolute Gasteiger partial charge is 0.454 e. The number of carbonyl (C=O) groups excluding carboxylic acids is 1. The smallest absolute Gasteiger partial charge is 0.358 e. The van der Waals surface area contributed by atoms with Crippen LogP contribution in [0.15, 0.2) is 63.9 Å². The number of benzene rings is 1. The highest BCUT2D eigenvalue weighted by atomic mass is 16.5. The van der Waals surface area contributed by atoms with Crippen LogP contribution in [0.3, 0.4) is 0 Å². The van der Waals surface area contributed by atoms with Crippen LogP contribution in [0, 0.1) is 0 Å². The summed E-state index contributed by atoms with van der Waals surface area (Å²) in [7, 11) is 0. The van der Waals surface area contributed by atoms with Crippen molar-refractivity contribution in [3.63, 3.8) is 0 Å². The quantitative estimate of drug-likeness (QED) is 0.533. The molecule has 0 N–H and O–H groups in total. The van der Waals surface area contributed by atoms with E-state index in [0.717, 1.165) is 11.0 Å². The highest BCUT2D eigenvalue weighted by Crippen LogP contribution is 2.28. The number of rotatable bonds is 4. The second-order valence-corrected chi connectivity index (χ2v) is 5.00. The Labute approximate surface area is 135 Å². The molecule has 0 bridgehead atoms. The van der Waals surface area contributed by atoms with Crippen LogP contribution in [0.2, 0.25) is 0 Å². The van der Waals surface area contributed by atoms with Gasteiger partial charge in [-0.1, -0.05) is 23.4 Å². The lowest BCUT2D eigenvalue weighted by Gasteiger charge is -2.00. The SMILES string of the molecule is O=C(OCc1cc(-c2cc3ccccc3o2)on1)c1cnccn1. The molecule has 0 fully saturated rings. The Bertz CT molecular complexity index is 958. The van der Waals surface area contributed by atoms with Gasteiger partial charge < -0.3 is 13.7 Å². The third kappa shape index (κ3) is 2.74. The third-order valence-corrected chi connectivity index (χ3v) is 3.35. The van der Waals surface area contributed by atoms with Gasteiger partial charge in [-0.15, -0.1) is 0 Å². The van der Waals surface area contributed by atoms with E-state index in [1.807, 2.05) is 30.3 Å². The number of nitrogens with zero attached hydrogens (tertiary/aromatic N) is 3. The highest BCUT2D eigenvalue weighted by Gasteiger charge is 2.14. The summed E-state index contributed by atoms with van der Waals surface area (Å²) in [5.41, 5.74) is 1.38. The van der Waals surface area contributed by atoms with Crippen molar-refractivity contribution in [2.24, 2.45) is 0 Å². The third-order valence-electron chi connectivity index (χ3n) is 3.35. The first-order chi connectivity index (χ1) is 11.8. The molecule has 4 aromatic rings. The average Bonchev–Trinajstić information content (AvgIpc) is 3.27. The van der Waals surface area contributed by atoms with E-state index in [-0.39, 0.29) is 12.3 Å². The van der Waals surface area contributed by atoms with E-state index in [1.165, 1.54) is 18.6 Å². The summed E-state index contributed by atoms with van der Waals surface area (Å²) in [6.07, 6.45) is 4.24. The number of hydrogen-bond acceptors (Lipinski definition) is 7. The van der Waals surface area contributed by atoms with Crippen molar-refractivity contribution in [3.05, 3.63) is 66.4 Å². The Morgan fingerprint density at radius 2 is 2.04 bits per heavy atom. The standard InChI is InChI=1S/C17H11N3O4/c21-17(13-9-18-5-6-19-13)22-10-12-8-16(24-20-12)15-7-11-3-1-2-4-14(11)23-15/h1-9H,10H2. The maximum absolute atomic E-state index is 11.8. The molecular weight excluding hydrogens is 310 g/mol. The van der Waals surface area contributed by atoms with E-state index < -0.39 is 5.97 Å². The topological polar surface area (TPSA) is 91.2 Å².